The molecule has 0 spiro atoms. The smallest absolute Gasteiger partial charge is 0.289 e. The summed E-state index contributed by atoms with van der Waals surface area (Å²) in [6, 6.07) is 19.2. The first-order valence-electron chi connectivity index (χ1n) is 13.5. The predicted octanol–water partition coefficient (Wildman–Crippen LogP) is 3.51. The van der Waals surface area contributed by atoms with Crippen LogP contribution in [0.15, 0.2) is 76.1 Å². The van der Waals surface area contributed by atoms with Gasteiger partial charge in [-0.1, -0.05) is 42.5 Å². The van der Waals surface area contributed by atoms with Gasteiger partial charge in [-0.05, 0) is 65.6 Å². The lowest BCUT2D eigenvalue weighted by molar-refractivity contribution is 0.0558. The summed E-state index contributed by atoms with van der Waals surface area (Å²) < 4.78 is 7.12. The van der Waals surface area contributed by atoms with Crippen molar-refractivity contribution in [3.63, 3.8) is 0 Å². The number of furan rings is 1. The van der Waals surface area contributed by atoms with Crippen LogP contribution in [0.2, 0.25) is 0 Å². The minimum absolute atomic E-state index is 0.136. The van der Waals surface area contributed by atoms with Crippen molar-refractivity contribution < 1.29 is 9.21 Å². The first kappa shape index (κ1) is 25.7. The summed E-state index contributed by atoms with van der Waals surface area (Å²) in [5, 5.41) is 13.8. The molecule has 0 bridgehead atoms. The Labute approximate surface area is 231 Å². The van der Waals surface area contributed by atoms with Crippen molar-refractivity contribution in [3.8, 4) is 0 Å². The standard InChI is InChI=1S/C30H31N7O3/c1-20-10-11-21(2)26-23(20)19-24(29(38)31-26)27(28-32-33-34-37(28)13-12-22-7-4-3-5-8-22)35-14-16-36(17-15-35)30(39)25-9-6-18-40-25/h3-11,18-19,27H,12-17H2,1-2H3,(H,31,38)/t27-/m1/s1. The molecule has 1 amide bonds. The van der Waals surface area contributed by atoms with E-state index in [-0.39, 0.29) is 11.5 Å². The fourth-order valence-corrected chi connectivity index (χ4v) is 5.48. The maximum atomic E-state index is 13.7. The van der Waals surface area contributed by atoms with Crippen molar-refractivity contribution in [3.05, 3.63) is 111 Å². The molecule has 1 N–H and O–H groups in total. The Hall–Kier alpha value is -4.57. The molecule has 5 aromatic rings. The highest BCUT2D eigenvalue weighted by molar-refractivity contribution is 5.91. The van der Waals surface area contributed by atoms with Crippen LogP contribution < -0.4 is 5.56 Å². The van der Waals surface area contributed by atoms with Gasteiger partial charge in [0.1, 0.15) is 6.04 Å². The number of aromatic nitrogens is 5. The normalized spacial score (nSPS) is 15.0. The van der Waals surface area contributed by atoms with Crippen molar-refractivity contribution in [2.45, 2.75) is 32.9 Å². The largest absolute Gasteiger partial charge is 0.459 e. The van der Waals surface area contributed by atoms with Crippen molar-refractivity contribution in [2.24, 2.45) is 0 Å². The summed E-state index contributed by atoms with van der Waals surface area (Å²) in [5.41, 5.74) is 4.53. The summed E-state index contributed by atoms with van der Waals surface area (Å²) in [5.74, 6) is 0.798. The maximum absolute atomic E-state index is 13.7. The Morgan fingerprint density at radius 2 is 1.77 bits per heavy atom. The summed E-state index contributed by atoms with van der Waals surface area (Å²) in [6.45, 7) is 6.69. The number of aryl methyl sites for hydroxylation is 4. The Balaban J connectivity index is 1.36. The average molecular weight is 538 g/mol. The Morgan fingerprint density at radius 1 is 1.00 bits per heavy atom. The molecular weight excluding hydrogens is 506 g/mol. The molecule has 10 nitrogen and oxygen atoms in total. The number of carbonyl (C=O) groups is 1. The van der Waals surface area contributed by atoms with Crippen LogP contribution in [0.3, 0.4) is 0 Å². The van der Waals surface area contributed by atoms with E-state index in [9.17, 15) is 9.59 Å². The van der Waals surface area contributed by atoms with Crippen molar-refractivity contribution >= 4 is 16.8 Å². The van der Waals surface area contributed by atoms with E-state index in [1.807, 2.05) is 44.2 Å². The molecule has 6 rings (SSSR count). The van der Waals surface area contributed by atoms with Crippen molar-refractivity contribution in [1.82, 2.24) is 35.0 Å². The highest BCUT2D eigenvalue weighted by atomic mass is 16.3. The van der Waals surface area contributed by atoms with E-state index in [2.05, 4.69) is 43.6 Å². The molecule has 0 unspecified atom stereocenters. The molecule has 4 heterocycles. The van der Waals surface area contributed by atoms with Gasteiger partial charge >= 0.3 is 0 Å². The highest BCUT2D eigenvalue weighted by Crippen LogP contribution is 2.29. The number of amides is 1. The minimum Gasteiger partial charge on any atom is -0.459 e. The number of rotatable bonds is 7. The SMILES string of the molecule is Cc1ccc(C)c2[nH]c(=O)c([C@H](c3nnnn3CCc3ccccc3)N3CCN(C(=O)c4ccco4)CC3)cc12. The number of piperazine rings is 1. The number of fused-ring (bicyclic) bond motifs is 1. The molecule has 0 saturated carbocycles. The lowest BCUT2D eigenvalue weighted by atomic mass is 9.99. The molecule has 0 radical (unpaired) electrons. The molecule has 1 atom stereocenters. The van der Waals surface area contributed by atoms with E-state index in [0.29, 0.717) is 49.9 Å². The second kappa shape index (κ2) is 10.9. The van der Waals surface area contributed by atoms with Gasteiger partial charge in [-0.2, -0.15) is 0 Å². The van der Waals surface area contributed by atoms with Crippen LogP contribution >= 0.6 is 0 Å². The third kappa shape index (κ3) is 4.93. The van der Waals surface area contributed by atoms with Gasteiger partial charge in [0.2, 0.25) is 0 Å². The van der Waals surface area contributed by atoms with E-state index in [0.717, 1.165) is 28.5 Å². The third-order valence-corrected chi connectivity index (χ3v) is 7.72. The van der Waals surface area contributed by atoms with Gasteiger partial charge in [0.25, 0.3) is 11.5 Å². The molecule has 1 aliphatic heterocycles. The van der Waals surface area contributed by atoms with Crippen LogP contribution in [0.4, 0.5) is 0 Å². The van der Waals surface area contributed by atoms with Crippen molar-refractivity contribution in [2.75, 3.05) is 26.2 Å². The maximum Gasteiger partial charge on any atom is 0.289 e. The molecule has 10 heteroatoms. The number of nitrogens with one attached hydrogen (secondary N) is 1. The van der Waals surface area contributed by atoms with Crippen LogP contribution in [0.25, 0.3) is 10.9 Å². The topological polar surface area (TPSA) is 113 Å². The van der Waals surface area contributed by atoms with E-state index in [1.165, 1.54) is 11.8 Å². The van der Waals surface area contributed by atoms with Gasteiger partial charge in [0, 0.05) is 43.7 Å². The Morgan fingerprint density at radius 3 is 2.52 bits per heavy atom. The molecule has 0 aliphatic carbocycles. The Kier molecular flexibility index (Phi) is 7.00. The summed E-state index contributed by atoms with van der Waals surface area (Å²) in [6.07, 6.45) is 2.26. The summed E-state index contributed by atoms with van der Waals surface area (Å²) in [4.78, 5) is 33.7. The lowest BCUT2D eigenvalue weighted by Crippen LogP contribution is -2.50. The number of aromatic amines is 1. The zero-order valence-corrected chi connectivity index (χ0v) is 22.6. The minimum atomic E-state index is -0.486. The molecular formula is C30H31N7O3. The number of carbonyl (C=O) groups excluding carboxylic acids is 1. The Bertz CT molecular complexity index is 1680. The quantitative estimate of drug-likeness (QED) is 0.338. The van der Waals surface area contributed by atoms with Gasteiger partial charge in [-0.25, -0.2) is 4.68 Å². The highest BCUT2D eigenvalue weighted by Gasteiger charge is 2.34. The van der Waals surface area contributed by atoms with Crippen LogP contribution in [-0.2, 0) is 13.0 Å². The van der Waals surface area contributed by atoms with Gasteiger partial charge in [-0.15, -0.1) is 5.10 Å². The number of benzene rings is 2. The van der Waals surface area contributed by atoms with Crippen LogP contribution in [-0.4, -0.2) is 67.1 Å². The molecule has 3 aromatic heterocycles. The van der Waals surface area contributed by atoms with Gasteiger partial charge in [0.15, 0.2) is 11.6 Å². The van der Waals surface area contributed by atoms with Gasteiger partial charge < -0.3 is 14.3 Å². The monoisotopic (exact) mass is 537 g/mol. The van der Waals surface area contributed by atoms with Crippen molar-refractivity contribution in [1.29, 1.82) is 0 Å². The second-order valence-corrected chi connectivity index (χ2v) is 10.2. The molecule has 1 saturated heterocycles. The second-order valence-electron chi connectivity index (χ2n) is 10.2. The number of tetrazole rings is 1. The number of nitrogens with zero attached hydrogens (tertiary/aromatic N) is 6. The lowest BCUT2D eigenvalue weighted by Gasteiger charge is -2.38. The molecule has 204 valence electrons. The van der Waals surface area contributed by atoms with Gasteiger partial charge in [-0.3, -0.25) is 14.5 Å². The zero-order chi connectivity index (χ0) is 27.6. The van der Waals surface area contributed by atoms with E-state index >= 15 is 0 Å². The van der Waals surface area contributed by atoms with Gasteiger partial charge in [0.05, 0.1) is 11.8 Å². The summed E-state index contributed by atoms with van der Waals surface area (Å²) in [7, 11) is 0. The predicted molar refractivity (Wildman–Crippen MR) is 150 cm³/mol. The van der Waals surface area contributed by atoms with E-state index < -0.39 is 6.04 Å². The number of hydrogen-bond donors (Lipinski definition) is 1. The zero-order valence-electron chi connectivity index (χ0n) is 22.6. The fourth-order valence-electron chi connectivity index (χ4n) is 5.48. The van der Waals surface area contributed by atoms with E-state index in [4.69, 9.17) is 4.42 Å². The van der Waals surface area contributed by atoms with Crippen LogP contribution in [0.5, 0.6) is 0 Å². The number of H-pyrrole nitrogens is 1. The average Bonchev–Trinajstić information content (AvgIpc) is 3.68. The molecule has 1 aliphatic rings. The first-order chi connectivity index (χ1) is 19.5. The third-order valence-electron chi connectivity index (χ3n) is 7.72. The number of pyridine rings is 1. The van der Waals surface area contributed by atoms with Crippen LogP contribution in [0, 0.1) is 13.8 Å². The van der Waals surface area contributed by atoms with Crippen LogP contribution in [0.1, 0.15) is 44.7 Å². The fraction of sp³-hybridized carbons (Fsp3) is 0.300. The number of hydrogen-bond acceptors (Lipinski definition) is 7. The molecule has 40 heavy (non-hydrogen) atoms. The summed E-state index contributed by atoms with van der Waals surface area (Å²) >= 11 is 0. The molecule has 1 fully saturated rings. The molecule has 2 aromatic carbocycles. The first-order valence-corrected chi connectivity index (χ1v) is 13.5. The van der Waals surface area contributed by atoms with E-state index in [1.54, 1.807) is 21.7 Å².